The summed E-state index contributed by atoms with van der Waals surface area (Å²) < 4.78 is 79.2. The van der Waals surface area contributed by atoms with Crippen LogP contribution in [-0.2, 0) is 40.5 Å². The highest BCUT2D eigenvalue weighted by molar-refractivity contribution is 7.89. The monoisotopic (exact) mass is 433 g/mol. The minimum atomic E-state index is -4.59. The Morgan fingerprint density at radius 3 is 2.79 bits per heavy atom. The molecule has 29 heavy (non-hydrogen) atoms. The molecule has 1 aromatic carbocycles. The molecule has 1 aliphatic rings. The van der Waals surface area contributed by atoms with Crippen molar-refractivity contribution in [1.29, 1.82) is 0 Å². The molecule has 1 aliphatic heterocycles. The van der Waals surface area contributed by atoms with E-state index < -0.39 is 21.9 Å². The maximum Gasteiger partial charge on any atom is 0.435 e. The number of benzene rings is 1. The molecule has 11 heteroatoms. The van der Waals surface area contributed by atoms with Crippen LogP contribution < -0.4 is 9.46 Å². The van der Waals surface area contributed by atoms with Crippen molar-refractivity contribution < 1.29 is 31.1 Å². The predicted molar refractivity (Wildman–Crippen MR) is 98.1 cm³/mol. The SMILES string of the molecule is CCOc1ccc(C)cc1S(=O)(=O)NCCn1nc(C(F)(F)F)c2c1CCOC2. The molecule has 0 spiro atoms. The Hall–Kier alpha value is -2.11. The van der Waals surface area contributed by atoms with E-state index in [9.17, 15) is 21.6 Å². The van der Waals surface area contributed by atoms with Crippen molar-refractivity contribution in [1.82, 2.24) is 14.5 Å². The summed E-state index contributed by atoms with van der Waals surface area (Å²) in [6.07, 6.45) is -4.30. The molecule has 0 saturated heterocycles. The lowest BCUT2D eigenvalue weighted by atomic mass is 10.1. The molecular formula is C18H22F3N3O4S. The molecule has 160 valence electrons. The number of halogens is 3. The Labute approximate surface area is 166 Å². The predicted octanol–water partition coefficient (Wildman–Crippen LogP) is 2.66. The van der Waals surface area contributed by atoms with Gasteiger partial charge in [-0.1, -0.05) is 6.07 Å². The maximum atomic E-state index is 13.2. The first-order valence-electron chi connectivity index (χ1n) is 9.10. The van der Waals surface area contributed by atoms with E-state index in [2.05, 4.69) is 9.82 Å². The van der Waals surface area contributed by atoms with Crippen LogP contribution in [0.5, 0.6) is 5.75 Å². The smallest absolute Gasteiger partial charge is 0.435 e. The number of aryl methyl sites for hydroxylation is 1. The van der Waals surface area contributed by atoms with Crippen LogP contribution in [0.25, 0.3) is 0 Å². The van der Waals surface area contributed by atoms with Crippen molar-refractivity contribution >= 4 is 10.0 Å². The number of rotatable bonds is 7. The third kappa shape index (κ3) is 4.73. The van der Waals surface area contributed by atoms with Crippen molar-refractivity contribution in [2.45, 2.75) is 44.5 Å². The number of ether oxygens (including phenoxy) is 2. The van der Waals surface area contributed by atoms with Gasteiger partial charge in [-0.25, -0.2) is 13.1 Å². The second kappa shape index (κ2) is 8.33. The van der Waals surface area contributed by atoms with Gasteiger partial charge in [-0.15, -0.1) is 0 Å². The molecule has 3 rings (SSSR count). The average Bonchev–Trinajstić information content (AvgIpc) is 3.02. The molecule has 0 atom stereocenters. The average molecular weight is 433 g/mol. The highest BCUT2D eigenvalue weighted by Crippen LogP contribution is 2.34. The number of alkyl halides is 3. The fourth-order valence-electron chi connectivity index (χ4n) is 3.19. The molecule has 0 aliphatic carbocycles. The highest BCUT2D eigenvalue weighted by atomic mass is 32.2. The zero-order valence-corrected chi connectivity index (χ0v) is 16.9. The van der Waals surface area contributed by atoms with Crippen LogP contribution in [0.3, 0.4) is 0 Å². The lowest BCUT2D eigenvalue weighted by molar-refractivity contribution is -0.142. The van der Waals surface area contributed by atoms with Crippen molar-refractivity contribution in [3.63, 3.8) is 0 Å². The summed E-state index contributed by atoms with van der Waals surface area (Å²) in [5, 5.41) is 3.67. The summed E-state index contributed by atoms with van der Waals surface area (Å²) in [5.74, 6) is 0.221. The van der Waals surface area contributed by atoms with Crippen LogP contribution in [-0.4, -0.2) is 38.0 Å². The summed E-state index contributed by atoms with van der Waals surface area (Å²) in [4.78, 5) is -0.00813. The summed E-state index contributed by atoms with van der Waals surface area (Å²) in [7, 11) is -3.91. The first kappa shape index (κ1) is 21.6. The topological polar surface area (TPSA) is 82.5 Å². The van der Waals surface area contributed by atoms with E-state index in [1.807, 2.05) is 0 Å². The van der Waals surface area contributed by atoms with Gasteiger partial charge in [0, 0.05) is 24.2 Å². The molecule has 0 saturated carbocycles. The van der Waals surface area contributed by atoms with E-state index in [0.717, 1.165) is 5.56 Å². The quantitative estimate of drug-likeness (QED) is 0.726. The van der Waals surface area contributed by atoms with Gasteiger partial charge >= 0.3 is 6.18 Å². The molecular weight excluding hydrogens is 411 g/mol. The minimum absolute atomic E-state index is 0.00813. The van der Waals surface area contributed by atoms with E-state index in [0.29, 0.717) is 18.9 Å². The molecule has 0 unspecified atom stereocenters. The van der Waals surface area contributed by atoms with E-state index >= 15 is 0 Å². The van der Waals surface area contributed by atoms with Crippen molar-refractivity contribution in [2.24, 2.45) is 0 Å². The lowest BCUT2D eigenvalue weighted by Gasteiger charge is -2.16. The van der Waals surface area contributed by atoms with Gasteiger partial charge in [0.1, 0.15) is 10.6 Å². The van der Waals surface area contributed by atoms with Crippen LogP contribution in [0.15, 0.2) is 23.1 Å². The number of nitrogens with one attached hydrogen (secondary N) is 1. The molecule has 7 nitrogen and oxygen atoms in total. The van der Waals surface area contributed by atoms with E-state index in [-0.39, 0.29) is 42.3 Å². The second-order valence-electron chi connectivity index (χ2n) is 6.58. The molecule has 1 aromatic heterocycles. The Morgan fingerprint density at radius 2 is 2.10 bits per heavy atom. The van der Waals surface area contributed by atoms with Crippen LogP contribution in [0.2, 0.25) is 0 Å². The van der Waals surface area contributed by atoms with Gasteiger partial charge in [0.2, 0.25) is 10.0 Å². The fourth-order valence-corrected chi connectivity index (χ4v) is 4.43. The minimum Gasteiger partial charge on any atom is -0.492 e. The first-order valence-corrected chi connectivity index (χ1v) is 10.6. The fraction of sp³-hybridized carbons (Fsp3) is 0.500. The van der Waals surface area contributed by atoms with Crippen molar-refractivity contribution in [3.8, 4) is 5.75 Å². The number of fused-ring (bicyclic) bond motifs is 1. The molecule has 0 bridgehead atoms. The molecule has 1 N–H and O–H groups in total. The number of sulfonamides is 1. The normalized spacial score (nSPS) is 14.7. The Morgan fingerprint density at radius 1 is 1.34 bits per heavy atom. The summed E-state index contributed by atoms with van der Waals surface area (Å²) in [6.45, 7) is 3.78. The van der Waals surface area contributed by atoms with E-state index in [1.54, 1.807) is 26.0 Å². The van der Waals surface area contributed by atoms with Crippen molar-refractivity contribution in [2.75, 3.05) is 19.8 Å². The zero-order valence-electron chi connectivity index (χ0n) is 16.0. The van der Waals surface area contributed by atoms with Crippen LogP contribution in [0.1, 0.15) is 29.4 Å². The van der Waals surface area contributed by atoms with Gasteiger partial charge in [0.15, 0.2) is 5.69 Å². The number of nitrogens with zero attached hydrogens (tertiary/aromatic N) is 2. The third-order valence-electron chi connectivity index (χ3n) is 4.47. The summed E-state index contributed by atoms with van der Waals surface area (Å²) >= 11 is 0. The number of aromatic nitrogens is 2. The largest absolute Gasteiger partial charge is 0.492 e. The maximum absolute atomic E-state index is 13.2. The van der Waals surface area contributed by atoms with Crippen molar-refractivity contribution in [3.05, 3.63) is 40.7 Å². The van der Waals surface area contributed by atoms with Crippen LogP contribution in [0, 0.1) is 6.92 Å². The molecule has 0 radical (unpaired) electrons. The molecule has 2 heterocycles. The van der Waals surface area contributed by atoms with Gasteiger partial charge in [0.05, 0.1) is 26.4 Å². The van der Waals surface area contributed by atoms with Crippen LogP contribution >= 0.6 is 0 Å². The zero-order chi connectivity index (χ0) is 21.2. The Balaban J connectivity index is 1.78. The van der Waals surface area contributed by atoms with E-state index in [1.165, 1.54) is 10.7 Å². The van der Waals surface area contributed by atoms with E-state index in [4.69, 9.17) is 9.47 Å². The molecule has 0 fully saturated rings. The molecule has 2 aromatic rings. The standard InChI is InChI=1S/C18H22F3N3O4S/c1-3-28-15-5-4-12(2)10-16(15)29(25,26)22-7-8-24-14-6-9-27-11-13(14)17(23-24)18(19,20)21/h4-5,10,22H,3,6-9,11H2,1-2H3. The summed E-state index contributed by atoms with van der Waals surface area (Å²) in [5.41, 5.74) is 0.203. The lowest BCUT2D eigenvalue weighted by Crippen LogP contribution is -2.29. The second-order valence-corrected chi connectivity index (χ2v) is 8.31. The number of hydrogen-bond acceptors (Lipinski definition) is 5. The molecule has 0 amide bonds. The van der Waals surface area contributed by atoms with Gasteiger partial charge in [0.25, 0.3) is 0 Å². The third-order valence-corrected chi connectivity index (χ3v) is 5.95. The summed E-state index contributed by atoms with van der Waals surface area (Å²) in [6, 6.07) is 4.80. The van der Waals surface area contributed by atoms with Gasteiger partial charge in [-0.2, -0.15) is 18.3 Å². The van der Waals surface area contributed by atoms with Crippen LogP contribution in [0.4, 0.5) is 13.2 Å². The van der Waals surface area contributed by atoms with Gasteiger partial charge in [-0.3, -0.25) is 4.68 Å². The van der Waals surface area contributed by atoms with Gasteiger partial charge in [-0.05, 0) is 31.5 Å². The highest BCUT2D eigenvalue weighted by Gasteiger charge is 2.39. The number of hydrogen-bond donors (Lipinski definition) is 1. The Bertz CT molecular complexity index is 987. The van der Waals surface area contributed by atoms with Gasteiger partial charge < -0.3 is 9.47 Å². The Kier molecular flexibility index (Phi) is 6.20. The first-order chi connectivity index (χ1) is 13.6.